The van der Waals surface area contributed by atoms with Gasteiger partial charge in [-0.15, -0.1) is 0 Å². The fraction of sp³-hybridized carbons (Fsp3) is 0.769. The molecule has 29 heavy (non-hydrogen) atoms. The lowest BCUT2D eigenvalue weighted by atomic mass is 9.52. The first-order chi connectivity index (χ1) is 13.6. The molecule has 0 bridgehead atoms. The molecule has 2 saturated carbocycles. The standard InChI is InChI=1S/C26H40O3/c1-16(2)6-5-12-26(4,29)24-23(28)15-22-21-9-7-17-14-18(27)8-10-19(17)20(21)11-13-25(22,24)3/h8,10,14,16,20-24,27-29H,5-7,9,11-13,15H2,1-4H3/t20-,21-,22+,23+,24+,25+,26+/m1/s1. The normalized spacial score (nSPS) is 38.2. The number of hydrogen-bond donors (Lipinski definition) is 3. The SMILES string of the molecule is CC(C)CCC[C@](C)(O)[C@H]1[C@@H](O)C[C@H]2[C@@H]3CCc4cc(O)ccc4[C@H]3CC[C@@]21C. The monoisotopic (exact) mass is 400 g/mol. The molecule has 1 aromatic rings. The molecular formula is C26H40O3. The highest BCUT2D eigenvalue weighted by atomic mass is 16.3. The molecule has 2 fully saturated rings. The van der Waals surface area contributed by atoms with E-state index in [2.05, 4.69) is 26.8 Å². The van der Waals surface area contributed by atoms with Crippen molar-refractivity contribution in [3.8, 4) is 5.75 Å². The van der Waals surface area contributed by atoms with Crippen molar-refractivity contribution >= 4 is 0 Å². The van der Waals surface area contributed by atoms with Gasteiger partial charge in [-0.25, -0.2) is 0 Å². The Hall–Kier alpha value is -1.06. The number of benzene rings is 1. The predicted octanol–water partition coefficient (Wildman–Crippen LogP) is 5.41. The van der Waals surface area contributed by atoms with Gasteiger partial charge in [0.15, 0.2) is 0 Å². The third kappa shape index (κ3) is 3.63. The lowest BCUT2D eigenvalue weighted by Crippen LogP contribution is -2.50. The zero-order chi connectivity index (χ0) is 21.0. The summed E-state index contributed by atoms with van der Waals surface area (Å²) in [4.78, 5) is 0. The number of rotatable bonds is 5. The number of aromatic hydroxyl groups is 1. The first-order valence-corrected chi connectivity index (χ1v) is 11.9. The van der Waals surface area contributed by atoms with E-state index in [0.717, 1.165) is 51.4 Å². The van der Waals surface area contributed by atoms with Gasteiger partial charge < -0.3 is 15.3 Å². The molecule has 7 atom stereocenters. The zero-order valence-electron chi connectivity index (χ0n) is 18.7. The summed E-state index contributed by atoms with van der Waals surface area (Å²) in [5, 5.41) is 32.5. The van der Waals surface area contributed by atoms with E-state index < -0.39 is 11.7 Å². The lowest BCUT2D eigenvalue weighted by Gasteiger charge is -2.53. The van der Waals surface area contributed by atoms with Crippen LogP contribution in [0, 0.1) is 29.1 Å². The molecule has 4 rings (SSSR count). The summed E-state index contributed by atoms with van der Waals surface area (Å²) in [6, 6.07) is 5.92. The van der Waals surface area contributed by atoms with E-state index in [4.69, 9.17) is 0 Å². The molecule has 0 radical (unpaired) electrons. The molecule has 3 N–H and O–H groups in total. The maximum absolute atomic E-state index is 11.5. The zero-order valence-corrected chi connectivity index (χ0v) is 18.7. The van der Waals surface area contributed by atoms with E-state index in [0.29, 0.717) is 29.4 Å². The molecule has 0 saturated heterocycles. The summed E-state index contributed by atoms with van der Waals surface area (Å²) < 4.78 is 0. The van der Waals surface area contributed by atoms with Crippen molar-refractivity contribution in [1.29, 1.82) is 0 Å². The van der Waals surface area contributed by atoms with Gasteiger partial charge in [0.05, 0.1) is 11.7 Å². The first kappa shape index (κ1) is 21.2. The molecule has 0 amide bonds. The minimum Gasteiger partial charge on any atom is -0.508 e. The van der Waals surface area contributed by atoms with E-state index in [1.165, 1.54) is 11.1 Å². The topological polar surface area (TPSA) is 60.7 Å². The Balaban J connectivity index is 1.57. The third-order valence-electron chi connectivity index (χ3n) is 8.87. The molecule has 0 heterocycles. The van der Waals surface area contributed by atoms with Gasteiger partial charge in [0.25, 0.3) is 0 Å². The van der Waals surface area contributed by atoms with Gasteiger partial charge in [0, 0.05) is 5.92 Å². The van der Waals surface area contributed by atoms with Crippen LogP contribution in [0.3, 0.4) is 0 Å². The van der Waals surface area contributed by atoms with Crippen molar-refractivity contribution in [2.75, 3.05) is 0 Å². The molecule has 162 valence electrons. The van der Waals surface area contributed by atoms with Crippen LogP contribution in [0.2, 0.25) is 0 Å². The molecule has 3 aliphatic rings. The van der Waals surface area contributed by atoms with Gasteiger partial charge in [0.1, 0.15) is 5.75 Å². The smallest absolute Gasteiger partial charge is 0.115 e. The molecular weight excluding hydrogens is 360 g/mol. The third-order valence-corrected chi connectivity index (χ3v) is 8.87. The number of hydrogen-bond acceptors (Lipinski definition) is 3. The quantitative estimate of drug-likeness (QED) is 0.619. The lowest BCUT2D eigenvalue weighted by molar-refractivity contribution is -0.111. The molecule has 0 spiro atoms. The summed E-state index contributed by atoms with van der Waals surface area (Å²) in [6.45, 7) is 8.81. The predicted molar refractivity (Wildman–Crippen MR) is 117 cm³/mol. The summed E-state index contributed by atoms with van der Waals surface area (Å²) in [6.07, 6.45) is 7.72. The average Bonchev–Trinajstić information content (AvgIpc) is 2.91. The Morgan fingerprint density at radius 1 is 1.24 bits per heavy atom. The molecule has 3 aliphatic carbocycles. The van der Waals surface area contributed by atoms with Crippen molar-refractivity contribution in [3.05, 3.63) is 29.3 Å². The van der Waals surface area contributed by atoms with Crippen LogP contribution in [-0.4, -0.2) is 27.0 Å². The van der Waals surface area contributed by atoms with Gasteiger partial charge in [-0.1, -0.05) is 39.7 Å². The van der Waals surface area contributed by atoms with Crippen LogP contribution in [0.25, 0.3) is 0 Å². The summed E-state index contributed by atoms with van der Waals surface area (Å²) >= 11 is 0. The van der Waals surface area contributed by atoms with Crippen LogP contribution in [0.15, 0.2) is 18.2 Å². The summed E-state index contributed by atoms with van der Waals surface area (Å²) in [5.41, 5.74) is 1.94. The Morgan fingerprint density at radius 3 is 2.72 bits per heavy atom. The van der Waals surface area contributed by atoms with Crippen molar-refractivity contribution < 1.29 is 15.3 Å². The summed E-state index contributed by atoms with van der Waals surface area (Å²) in [7, 11) is 0. The van der Waals surface area contributed by atoms with E-state index >= 15 is 0 Å². The molecule has 0 aromatic heterocycles. The van der Waals surface area contributed by atoms with Crippen molar-refractivity contribution in [1.82, 2.24) is 0 Å². The van der Waals surface area contributed by atoms with Gasteiger partial charge in [-0.2, -0.15) is 0 Å². The fourth-order valence-electron chi connectivity index (χ4n) is 7.73. The Morgan fingerprint density at radius 2 is 2.00 bits per heavy atom. The molecule has 1 aromatic carbocycles. The van der Waals surface area contributed by atoms with Crippen LogP contribution >= 0.6 is 0 Å². The van der Waals surface area contributed by atoms with E-state index in [1.54, 1.807) is 0 Å². The van der Waals surface area contributed by atoms with E-state index in [9.17, 15) is 15.3 Å². The highest BCUT2D eigenvalue weighted by Gasteiger charge is 2.62. The minimum atomic E-state index is -0.803. The average molecular weight is 401 g/mol. The van der Waals surface area contributed by atoms with Crippen molar-refractivity contribution in [2.24, 2.45) is 29.1 Å². The molecule has 0 unspecified atom stereocenters. The van der Waals surface area contributed by atoms with Crippen molar-refractivity contribution in [3.63, 3.8) is 0 Å². The maximum atomic E-state index is 11.5. The second-order valence-electron chi connectivity index (χ2n) is 11.3. The second-order valence-corrected chi connectivity index (χ2v) is 11.3. The number of phenolic OH excluding ortho intramolecular Hbond substituents is 1. The highest BCUT2D eigenvalue weighted by Crippen LogP contribution is 2.65. The van der Waals surface area contributed by atoms with Crippen molar-refractivity contribution in [2.45, 2.75) is 96.7 Å². The highest BCUT2D eigenvalue weighted by molar-refractivity contribution is 5.40. The maximum Gasteiger partial charge on any atom is 0.115 e. The van der Waals surface area contributed by atoms with Crippen LogP contribution in [-0.2, 0) is 6.42 Å². The number of aliphatic hydroxyl groups excluding tert-OH is 1. The van der Waals surface area contributed by atoms with Crippen LogP contribution < -0.4 is 0 Å². The number of aryl methyl sites for hydroxylation is 1. The number of aliphatic hydroxyl groups is 2. The Kier molecular flexibility index (Phi) is 5.53. The van der Waals surface area contributed by atoms with Gasteiger partial charge in [-0.05, 0) is 97.8 Å². The van der Waals surface area contributed by atoms with Gasteiger partial charge >= 0.3 is 0 Å². The first-order valence-electron chi connectivity index (χ1n) is 11.9. The Labute approximate surface area is 176 Å². The van der Waals surface area contributed by atoms with Gasteiger partial charge in [-0.3, -0.25) is 0 Å². The molecule has 3 heteroatoms. The van der Waals surface area contributed by atoms with E-state index in [1.807, 2.05) is 19.1 Å². The number of phenols is 1. The van der Waals surface area contributed by atoms with Gasteiger partial charge in [0.2, 0.25) is 0 Å². The minimum absolute atomic E-state index is 0.0103. The molecule has 0 aliphatic heterocycles. The van der Waals surface area contributed by atoms with Crippen LogP contribution in [0.1, 0.15) is 89.7 Å². The van der Waals surface area contributed by atoms with E-state index in [-0.39, 0.29) is 11.3 Å². The Bertz CT molecular complexity index is 739. The summed E-state index contributed by atoms with van der Waals surface area (Å²) in [5.74, 6) is 2.58. The molecule has 3 nitrogen and oxygen atoms in total. The number of fused-ring (bicyclic) bond motifs is 5. The second kappa shape index (κ2) is 7.57. The largest absolute Gasteiger partial charge is 0.508 e. The fourth-order valence-corrected chi connectivity index (χ4v) is 7.73. The van der Waals surface area contributed by atoms with Crippen LogP contribution in [0.4, 0.5) is 0 Å². The van der Waals surface area contributed by atoms with Crippen LogP contribution in [0.5, 0.6) is 5.75 Å².